The van der Waals surface area contributed by atoms with E-state index in [1.165, 1.54) is 13.1 Å². The van der Waals surface area contributed by atoms with Gasteiger partial charge in [-0.25, -0.2) is 0 Å². The first-order chi connectivity index (χ1) is 2.91. The second kappa shape index (κ2) is 5.02. The van der Waals surface area contributed by atoms with Gasteiger partial charge < -0.3 is 5.32 Å². The summed E-state index contributed by atoms with van der Waals surface area (Å²) < 4.78 is 8.51. The van der Waals surface area contributed by atoms with Crippen molar-refractivity contribution in [3.63, 3.8) is 0 Å². The van der Waals surface area contributed by atoms with Crippen LogP contribution in [0.15, 0.2) is 0 Å². The third-order valence-electron chi connectivity index (χ3n) is 0.250. The van der Waals surface area contributed by atoms with Gasteiger partial charge in [0, 0.05) is 13.1 Å². The highest BCUT2D eigenvalue weighted by molar-refractivity contribution is 7.16. The zero-order valence-electron chi connectivity index (χ0n) is 3.27. The summed E-state index contributed by atoms with van der Waals surface area (Å²) in [7, 11) is -1.17. The molecule has 1 rings (SSSR count). The average Bonchev–Trinajstić information content (AvgIpc) is 2.11. The second-order valence-electron chi connectivity index (χ2n) is 0.841. The van der Waals surface area contributed by atoms with E-state index in [9.17, 15) is 0 Å². The van der Waals surface area contributed by atoms with E-state index < -0.39 is 8.69 Å². The third kappa shape index (κ3) is 35.2. The van der Waals surface area contributed by atoms with E-state index in [-0.39, 0.29) is 0 Å². The molecule has 1 fully saturated rings. The molecule has 1 atom stereocenters. The molecular formula is C2H7NO2P+. The zero-order chi connectivity index (χ0) is 4.83. The quantitative estimate of drug-likeness (QED) is 0.325. The molecule has 0 saturated carbocycles. The van der Waals surface area contributed by atoms with Crippen LogP contribution in [0.2, 0.25) is 0 Å². The average molecular weight is 108 g/mol. The Kier molecular flexibility index (Phi) is 5.04. The summed E-state index contributed by atoms with van der Waals surface area (Å²) in [5.41, 5.74) is 0. The fraction of sp³-hybridized carbons (Fsp3) is 1.00. The van der Waals surface area contributed by atoms with Gasteiger partial charge in [0.15, 0.2) is 0 Å². The van der Waals surface area contributed by atoms with E-state index >= 15 is 0 Å². The predicted molar refractivity (Wildman–Crippen MR) is 24.1 cm³/mol. The SMILES string of the molecule is C1CN1.O=[PH+]O. The number of rotatable bonds is 0. The third-order valence-corrected chi connectivity index (χ3v) is 0.250. The van der Waals surface area contributed by atoms with Gasteiger partial charge in [0.25, 0.3) is 0 Å². The van der Waals surface area contributed by atoms with Gasteiger partial charge in [0.1, 0.15) is 0 Å². The van der Waals surface area contributed by atoms with Crippen molar-refractivity contribution in [1.82, 2.24) is 5.32 Å². The summed E-state index contributed by atoms with van der Waals surface area (Å²) in [6.07, 6.45) is 0. The van der Waals surface area contributed by atoms with Crippen molar-refractivity contribution in [3.8, 4) is 0 Å². The van der Waals surface area contributed by atoms with Crippen LogP contribution in [0.4, 0.5) is 0 Å². The number of hydrogen-bond acceptors (Lipinski definition) is 2. The van der Waals surface area contributed by atoms with Crippen molar-refractivity contribution < 1.29 is 9.46 Å². The minimum absolute atomic E-state index is 1.17. The van der Waals surface area contributed by atoms with Gasteiger partial charge in [-0.15, -0.1) is 0 Å². The molecule has 6 heavy (non-hydrogen) atoms. The Balaban J connectivity index is 0.0000000833. The second-order valence-corrected chi connectivity index (χ2v) is 1.02. The molecule has 2 N–H and O–H groups in total. The normalized spacial score (nSPS) is 15.5. The molecule has 1 saturated heterocycles. The van der Waals surface area contributed by atoms with Crippen LogP contribution < -0.4 is 5.32 Å². The molecule has 0 spiro atoms. The molecule has 1 unspecified atom stereocenters. The largest absolute Gasteiger partial charge is 0.491 e. The number of nitrogens with one attached hydrogen (secondary N) is 1. The minimum Gasteiger partial charge on any atom is -0.314 e. The fourth-order valence-corrected chi connectivity index (χ4v) is 0. The van der Waals surface area contributed by atoms with Gasteiger partial charge in [-0.3, -0.25) is 0 Å². The van der Waals surface area contributed by atoms with E-state index in [2.05, 4.69) is 5.32 Å². The Morgan fingerprint density at radius 2 is 1.83 bits per heavy atom. The van der Waals surface area contributed by atoms with Crippen LogP contribution in [0.25, 0.3) is 0 Å². The van der Waals surface area contributed by atoms with Gasteiger partial charge >= 0.3 is 8.69 Å². The van der Waals surface area contributed by atoms with Gasteiger partial charge in [-0.1, -0.05) is 0 Å². The minimum atomic E-state index is -1.17. The summed E-state index contributed by atoms with van der Waals surface area (Å²) in [5, 5.41) is 3.00. The lowest BCUT2D eigenvalue weighted by Crippen LogP contribution is -1.56. The molecule has 0 aromatic carbocycles. The van der Waals surface area contributed by atoms with E-state index in [1.807, 2.05) is 0 Å². The Bertz CT molecular complexity index is 35.8. The van der Waals surface area contributed by atoms with Crippen LogP contribution in [-0.2, 0) is 4.57 Å². The summed E-state index contributed by atoms with van der Waals surface area (Å²) in [5.74, 6) is 0. The first-order valence-corrected chi connectivity index (χ1v) is 2.49. The van der Waals surface area contributed by atoms with E-state index in [0.29, 0.717) is 0 Å². The molecular weight excluding hydrogens is 101 g/mol. The van der Waals surface area contributed by atoms with Gasteiger partial charge in [0.2, 0.25) is 0 Å². The molecule has 3 nitrogen and oxygen atoms in total. The Morgan fingerprint density at radius 1 is 1.67 bits per heavy atom. The number of hydrogen-bond donors (Lipinski definition) is 2. The maximum Gasteiger partial charge on any atom is 0.491 e. The van der Waals surface area contributed by atoms with Crippen LogP contribution in [0.3, 0.4) is 0 Å². The van der Waals surface area contributed by atoms with Crippen molar-refractivity contribution >= 4 is 8.69 Å². The smallest absolute Gasteiger partial charge is 0.314 e. The Morgan fingerprint density at radius 3 is 1.83 bits per heavy atom. The lowest BCUT2D eigenvalue weighted by Gasteiger charge is -1.21. The maximum absolute atomic E-state index is 8.51. The highest BCUT2D eigenvalue weighted by atomic mass is 31.1. The van der Waals surface area contributed by atoms with E-state index in [1.54, 1.807) is 0 Å². The van der Waals surface area contributed by atoms with Crippen LogP contribution in [0.5, 0.6) is 0 Å². The Labute approximate surface area is 37.7 Å². The van der Waals surface area contributed by atoms with Crippen LogP contribution >= 0.6 is 8.69 Å². The van der Waals surface area contributed by atoms with Crippen molar-refractivity contribution in [2.45, 2.75) is 0 Å². The zero-order valence-corrected chi connectivity index (χ0v) is 4.27. The van der Waals surface area contributed by atoms with Crippen LogP contribution in [0.1, 0.15) is 0 Å². The summed E-state index contributed by atoms with van der Waals surface area (Å²) in [6, 6.07) is 0. The van der Waals surface area contributed by atoms with Crippen molar-refractivity contribution in [2.75, 3.05) is 13.1 Å². The highest BCUT2D eigenvalue weighted by Crippen LogP contribution is 1.66. The molecule has 0 amide bonds. The standard InChI is InChI=1S/C2H5N.HO2P/c1-2-3-1;1-3-2/h3H,1-2H2;3H/p+1. The molecule has 4 heteroatoms. The first kappa shape index (κ1) is 6.02. The van der Waals surface area contributed by atoms with E-state index in [4.69, 9.17) is 9.46 Å². The lowest BCUT2D eigenvalue weighted by molar-refractivity contribution is 0.524. The molecule has 0 aromatic rings. The molecule has 1 aliphatic rings. The fourth-order valence-electron chi connectivity index (χ4n) is 0. The maximum atomic E-state index is 8.51. The molecule has 0 aliphatic carbocycles. The lowest BCUT2D eigenvalue weighted by atomic mass is 11.0. The van der Waals surface area contributed by atoms with Crippen molar-refractivity contribution in [3.05, 3.63) is 0 Å². The highest BCUT2D eigenvalue weighted by Gasteiger charge is 1.91. The van der Waals surface area contributed by atoms with E-state index in [0.717, 1.165) is 0 Å². The van der Waals surface area contributed by atoms with Crippen LogP contribution in [-0.4, -0.2) is 18.0 Å². The summed E-state index contributed by atoms with van der Waals surface area (Å²) in [6.45, 7) is 2.50. The van der Waals surface area contributed by atoms with Gasteiger partial charge in [0.05, 0.1) is 0 Å². The van der Waals surface area contributed by atoms with Crippen molar-refractivity contribution in [2.24, 2.45) is 0 Å². The molecule has 0 bridgehead atoms. The molecule has 1 aliphatic heterocycles. The summed E-state index contributed by atoms with van der Waals surface area (Å²) >= 11 is 0. The van der Waals surface area contributed by atoms with Gasteiger partial charge in [-0.2, -0.15) is 4.89 Å². The van der Waals surface area contributed by atoms with Crippen LogP contribution in [0, 0.1) is 0 Å². The predicted octanol–water partition coefficient (Wildman–Crippen LogP) is -0.493. The monoisotopic (exact) mass is 108 g/mol. The topological polar surface area (TPSA) is 59.2 Å². The van der Waals surface area contributed by atoms with Gasteiger partial charge in [-0.05, 0) is 4.57 Å². The molecule has 36 valence electrons. The Hall–Kier alpha value is 0.0200. The van der Waals surface area contributed by atoms with Crippen molar-refractivity contribution in [1.29, 1.82) is 0 Å². The molecule has 1 heterocycles. The molecule has 0 radical (unpaired) electrons. The molecule has 0 aromatic heterocycles. The first-order valence-electron chi connectivity index (χ1n) is 1.63. The summed E-state index contributed by atoms with van der Waals surface area (Å²) in [4.78, 5) is 7.04.